The summed E-state index contributed by atoms with van der Waals surface area (Å²) in [6.07, 6.45) is 1.63. The molecule has 116 valence electrons. The number of nitrogens with zero attached hydrogens (tertiary/aromatic N) is 2. The molecule has 0 fully saturated rings. The monoisotopic (exact) mass is 328 g/mol. The van der Waals surface area contributed by atoms with E-state index < -0.39 is 4.92 Å². The van der Waals surface area contributed by atoms with Gasteiger partial charge in [-0.3, -0.25) is 15.1 Å². The second-order valence-electron chi connectivity index (χ2n) is 5.16. The number of nitro groups is 1. The molecule has 6 heteroatoms. The predicted octanol–water partition coefficient (Wildman–Crippen LogP) is 4.65. The van der Waals surface area contributed by atoms with E-state index in [1.54, 1.807) is 18.3 Å². The Morgan fingerprint density at radius 2 is 2.00 bits per heavy atom. The summed E-state index contributed by atoms with van der Waals surface area (Å²) in [6.45, 7) is 2.33. The quantitative estimate of drug-likeness (QED) is 0.468. The Hall–Kier alpha value is -2.66. The lowest BCUT2D eigenvalue weighted by Gasteiger charge is -2.19. The van der Waals surface area contributed by atoms with E-state index in [2.05, 4.69) is 4.99 Å². The standard InChI is InChI=1S/C17H13ClN2O3/c1-11-2-7-16-15(8-11)17(18)12(10-23-16)9-19-13-3-5-14(6-4-13)20(21)22/h2-9H,10H2,1H3. The maximum atomic E-state index is 10.6. The number of rotatable bonds is 3. The fourth-order valence-electron chi connectivity index (χ4n) is 2.24. The summed E-state index contributed by atoms with van der Waals surface area (Å²) in [5.41, 5.74) is 3.36. The summed E-state index contributed by atoms with van der Waals surface area (Å²) >= 11 is 6.44. The van der Waals surface area contributed by atoms with Gasteiger partial charge in [0.15, 0.2) is 0 Å². The first-order chi connectivity index (χ1) is 11.0. The van der Waals surface area contributed by atoms with Crippen LogP contribution in [0.3, 0.4) is 0 Å². The van der Waals surface area contributed by atoms with Crippen molar-refractivity contribution >= 4 is 34.2 Å². The number of aryl methyl sites for hydroxylation is 1. The molecule has 2 aromatic carbocycles. The summed E-state index contributed by atoms with van der Waals surface area (Å²) in [5, 5.41) is 11.2. The highest BCUT2D eigenvalue weighted by Crippen LogP contribution is 2.35. The minimum absolute atomic E-state index is 0.0339. The highest BCUT2D eigenvalue weighted by atomic mass is 35.5. The summed E-state index contributed by atoms with van der Waals surface area (Å²) in [4.78, 5) is 14.5. The van der Waals surface area contributed by atoms with Crippen molar-refractivity contribution in [3.63, 3.8) is 0 Å². The number of benzene rings is 2. The van der Waals surface area contributed by atoms with E-state index in [9.17, 15) is 10.1 Å². The molecule has 0 N–H and O–H groups in total. The largest absolute Gasteiger partial charge is 0.488 e. The molecule has 5 nitrogen and oxygen atoms in total. The molecule has 0 saturated carbocycles. The van der Waals surface area contributed by atoms with Gasteiger partial charge in [-0.1, -0.05) is 23.2 Å². The highest BCUT2D eigenvalue weighted by molar-refractivity contribution is 6.51. The Labute approximate surface area is 138 Å². The molecule has 1 aliphatic heterocycles. The average molecular weight is 329 g/mol. The van der Waals surface area contributed by atoms with Crippen LogP contribution in [-0.2, 0) is 0 Å². The first kappa shape index (κ1) is 15.2. The number of ether oxygens (including phenoxy) is 1. The van der Waals surface area contributed by atoms with Crippen LogP contribution in [0.2, 0.25) is 0 Å². The van der Waals surface area contributed by atoms with Gasteiger partial charge in [-0.15, -0.1) is 0 Å². The van der Waals surface area contributed by atoms with Crippen molar-refractivity contribution in [1.29, 1.82) is 0 Å². The van der Waals surface area contributed by atoms with Crippen molar-refractivity contribution in [2.45, 2.75) is 6.92 Å². The third-order valence-electron chi connectivity index (χ3n) is 3.47. The van der Waals surface area contributed by atoms with Crippen molar-refractivity contribution < 1.29 is 9.66 Å². The van der Waals surface area contributed by atoms with Crippen molar-refractivity contribution in [3.8, 4) is 5.75 Å². The van der Waals surface area contributed by atoms with Crippen molar-refractivity contribution in [2.24, 2.45) is 4.99 Å². The minimum Gasteiger partial charge on any atom is -0.488 e. The zero-order valence-electron chi connectivity index (χ0n) is 12.3. The Kier molecular flexibility index (Phi) is 4.12. The average Bonchev–Trinajstić information content (AvgIpc) is 2.55. The van der Waals surface area contributed by atoms with Gasteiger partial charge in [-0.25, -0.2) is 0 Å². The lowest BCUT2D eigenvalue weighted by molar-refractivity contribution is -0.384. The van der Waals surface area contributed by atoms with Crippen molar-refractivity contribution in [3.05, 3.63) is 69.3 Å². The Bertz CT molecular complexity index is 826. The minimum atomic E-state index is -0.443. The number of non-ortho nitro benzene ring substituents is 1. The third kappa shape index (κ3) is 3.24. The molecule has 0 bridgehead atoms. The molecule has 1 heterocycles. The lowest BCUT2D eigenvalue weighted by atomic mass is 10.1. The molecule has 1 aliphatic rings. The van der Waals surface area contributed by atoms with E-state index in [0.29, 0.717) is 17.3 Å². The van der Waals surface area contributed by atoms with Gasteiger partial charge in [-0.05, 0) is 31.2 Å². The molecule has 2 aromatic rings. The summed E-state index contributed by atoms with van der Waals surface area (Å²) in [5.74, 6) is 0.757. The van der Waals surface area contributed by atoms with Crippen LogP contribution in [0.1, 0.15) is 11.1 Å². The van der Waals surface area contributed by atoms with Crippen LogP contribution in [0.4, 0.5) is 11.4 Å². The highest BCUT2D eigenvalue weighted by Gasteiger charge is 2.17. The fourth-order valence-corrected chi connectivity index (χ4v) is 2.49. The van der Waals surface area contributed by atoms with E-state index >= 15 is 0 Å². The topological polar surface area (TPSA) is 64.7 Å². The third-order valence-corrected chi connectivity index (χ3v) is 3.91. The second-order valence-corrected chi connectivity index (χ2v) is 5.54. The van der Waals surface area contributed by atoms with Gasteiger partial charge in [0.2, 0.25) is 0 Å². The molecule has 23 heavy (non-hydrogen) atoms. The van der Waals surface area contributed by atoms with E-state index in [4.69, 9.17) is 16.3 Å². The lowest BCUT2D eigenvalue weighted by Crippen LogP contribution is -2.10. The van der Waals surface area contributed by atoms with E-state index in [0.717, 1.165) is 22.4 Å². The second kappa shape index (κ2) is 6.22. The van der Waals surface area contributed by atoms with Crippen LogP contribution in [0.5, 0.6) is 5.75 Å². The van der Waals surface area contributed by atoms with Crippen molar-refractivity contribution in [2.75, 3.05) is 6.61 Å². The molecule has 0 amide bonds. The van der Waals surface area contributed by atoms with Crippen LogP contribution in [-0.4, -0.2) is 17.7 Å². The Morgan fingerprint density at radius 3 is 2.70 bits per heavy atom. The molecular formula is C17H13ClN2O3. The number of hydrogen-bond acceptors (Lipinski definition) is 4. The van der Waals surface area contributed by atoms with Gasteiger partial charge in [0.25, 0.3) is 5.69 Å². The molecule has 3 rings (SSSR count). The molecule has 0 aromatic heterocycles. The molecule has 0 spiro atoms. The molecule has 0 unspecified atom stereocenters. The first-order valence-corrected chi connectivity index (χ1v) is 7.33. The number of halogens is 1. The van der Waals surface area contributed by atoms with Gasteiger partial charge in [0.05, 0.1) is 15.6 Å². The van der Waals surface area contributed by atoms with E-state index in [-0.39, 0.29) is 5.69 Å². The number of aliphatic imine (C=N–C) groups is 1. The zero-order chi connectivity index (χ0) is 16.4. The maximum absolute atomic E-state index is 10.6. The van der Waals surface area contributed by atoms with Crippen LogP contribution < -0.4 is 4.74 Å². The molecule has 0 aliphatic carbocycles. The number of hydrogen-bond donors (Lipinski definition) is 0. The van der Waals surface area contributed by atoms with E-state index in [1.165, 1.54) is 12.1 Å². The van der Waals surface area contributed by atoms with Crippen LogP contribution in [0, 0.1) is 17.0 Å². The normalized spacial score (nSPS) is 13.8. The van der Waals surface area contributed by atoms with Crippen LogP contribution >= 0.6 is 11.6 Å². The number of fused-ring (bicyclic) bond motifs is 1. The molecular weight excluding hydrogens is 316 g/mol. The summed E-state index contributed by atoms with van der Waals surface area (Å²) in [7, 11) is 0. The molecule has 0 radical (unpaired) electrons. The van der Waals surface area contributed by atoms with Crippen molar-refractivity contribution in [1.82, 2.24) is 0 Å². The molecule has 0 atom stereocenters. The number of nitro benzene ring substituents is 1. The molecule has 0 saturated heterocycles. The first-order valence-electron chi connectivity index (χ1n) is 6.95. The van der Waals surface area contributed by atoms with Gasteiger partial charge in [0.1, 0.15) is 12.4 Å². The van der Waals surface area contributed by atoms with Gasteiger partial charge in [0, 0.05) is 29.5 Å². The van der Waals surface area contributed by atoms with Crippen LogP contribution in [0.15, 0.2) is 53.0 Å². The van der Waals surface area contributed by atoms with Gasteiger partial charge in [-0.2, -0.15) is 0 Å². The zero-order valence-corrected chi connectivity index (χ0v) is 13.1. The SMILES string of the molecule is Cc1ccc2c(c1)C(Cl)=C(C=Nc1ccc([N+](=O)[O-])cc1)CO2. The maximum Gasteiger partial charge on any atom is 0.269 e. The summed E-state index contributed by atoms with van der Waals surface area (Å²) in [6, 6.07) is 11.8. The van der Waals surface area contributed by atoms with Crippen LogP contribution in [0.25, 0.3) is 5.03 Å². The predicted molar refractivity (Wildman–Crippen MR) is 90.7 cm³/mol. The Balaban J connectivity index is 1.87. The Morgan fingerprint density at radius 1 is 1.26 bits per heavy atom. The smallest absolute Gasteiger partial charge is 0.269 e. The van der Waals surface area contributed by atoms with Gasteiger partial charge < -0.3 is 4.74 Å². The van der Waals surface area contributed by atoms with Gasteiger partial charge >= 0.3 is 0 Å². The van der Waals surface area contributed by atoms with E-state index in [1.807, 2.05) is 25.1 Å². The fraction of sp³-hybridized carbons (Fsp3) is 0.118. The summed E-state index contributed by atoms with van der Waals surface area (Å²) < 4.78 is 5.68.